The minimum Gasteiger partial charge on any atom is -0.383 e. The number of methoxy groups -OCH3 is 1. The maximum atomic E-state index is 5.29. The molecule has 1 atom stereocenters. The first-order valence-electron chi connectivity index (χ1n) is 7.87. The molecule has 0 radical (unpaired) electrons. The van der Waals surface area contributed by atoms with Crippen LogP contribution < -0.4 is 10.2 Å². The lowest BCUT2D eigenvalue weighted by atomic mass is 10.2. The predicted octanol–water partition coefficient (Wildman–Crippen LogP) is 2.57. The van der Waals surface area contributed by atoms with E-state index in [2.05, 4.69) is 49.8 Å². The fourth-order valence-electron chi connectivity index (χ4n) is 2.37. The van der Waals surface area contributed by atoms with Crippen LogP contribution in [-0.2, 0) is 11.3 Å². The summed E-state index contributed by atoms with van der Waals surface area (Å²) in [6, 6.07) is 0.300. The second-order valence-corrected chi connectivity index (χ2v) is 5.59. The molecule has 21 heavy (non-hydrogen) atoms. The number of hydrogen-bond acceptors (Lipinski definition) is 5. The van der Waals surface area contributed by atoms with Crippen molar-refractivity contribution in [2.24, 2.45) is 0 Å². The zero-order valence-electron chi connectivity index (χ0n) is 14.3. The zero-order valence-corrected chi connectivity index (χ0v) is 14.3. The van der Waals surface area contributed by atoms with E-state index in [1.807, 2.05) is 6.20 Å². The van der Waals surface area contributed by atoms with E-state index in [-0.39, 0.29) is 0 Å². The third kappa shape index (κ3) is 4.93. The number of ether oxygens (including phenoxy) is 1. The van der Waals surface area contributed by atoms with Gasteiger partial charge in [-0.1, -0.05) is 20.8 Å². The molecule has 0 amide bonds. The summed E-state index contributed by atoms with van der Waals surface area (Å²) >= 11 is 0. The summed E-state index contributed by atoms with van der Waals surface area (Å²) in [5.74, 6) is 1.24. The van der Waals surface area contributed by atoms with Crippen LogP contribution in [0.4, 0.5) is 5.69 Å². The second-order valence-electron chi connectivity index (χ2n) is 5.59. The molecule has 1 unspecified atom stereocenters. The average molecular weight is 294 g/mol. The summed E-state index contributed by atoms with van der Waals surface area (Å²) in [7, 11) is 1.74. The first-order valence-corrected chi connectivity index (χ1v) is 7.87. The molecular weight excluding hydrogens is 264 g/mol. The van der Waals surface area contributed by atoms with Gasteiger partial charge < -0.3 is 15.0 Å². The summed E-state index contributed by atoms with van der Waals surface area (Å²) in [5.41, 5.74) is 2.17. The van der Waals surface area contributed by atoms with Crippen LogP contribution in [0.5, 0.6) is 0 Å². The Labute approximate surface area is 129 Å². The molecule has 0 aliphatic carbocycles. The number of rotatable bonds is 9. The van der Waals surface area contributed by atoms with Gasteiger partial charge in [0.25, 0.3) is 0 Å². The Morgan fingerprint density at radius 3 is 2.52 bits per heavy atom. The van der Waals surface area contributed by atoms with E-state index in [0.717, 1.165) is 36.8 Å². The number of hydrogen-bond donors (Lipinski definition) is 1. The van der Waals surface area contributed by atoms with Crippen LogP contribution in [-0.4, -0.2) is 42.8 Å². The van der Waals surface area contributed by atoms with Crippen LogP contribution in [0.2, 0.25) is 0 Å². The highest BCUT2D eigenvalue weighted by molar-refractivity contribution is 5.50. The fraction of sp³-hybridized carbons (Fsp3) is 0.750. The monoisotopic (exact) mass is 294 g/mol. The Hall–Kier alpha value is -1.20. The van der Waals surface area contributed by atoms with Crippen molar-refractivity contribution >= 4 is 5.69 Å². The molecule has 1 rings (SSSR count). The SMILES string of the molecule is CCNCc1nc(C(C)C)ncc1N(CC)C(C)COC. The molecule has 0 aliphatic heterocycles. The number of aromatic nitrogens is 2. The van der Waals surface area contributed by atoms with Crippen LogP contribution in [0.3, 0.4) is 0 Å². The lowest BCUT2D eigenvalue weighted by molar-refractivity contribution is 0.182. The third-order valence-corrected chi connectivity index (χ3v) is 3.51. The van der Waals surface area contributed by atoms with E-state index in [0.29, 0.717) is 18.6 Å². The molecule has 0 spiro atoms. The molecule has 120 valence electrons. The minimum absolute atomic E-state index is 0.300. The normalized spacial score (nSPS) is 12.7. The van der Waals surface area contributed by atoms with E-state index in [1.54, 1.807) is 7.11 Å². The number of likely N-dealkylation sites (N-methyl/N-ethyl adjacent to an activating group) is 1. The van der Waals surface area contributed by atoms with Crippen LogP contribution >= 0.6 is 0 Å². The molecule has 0 aliphatic rings. The Bertz CT molecular complexity index is 423. The highest BCUT2D eigenvalue weighted by Gasteiger charge is 2.18. The van der Waals surface area contributed by atoms with Gasteiger partial charge >= 0.3 is 0 Å². The molecule has 0 bridgehead atoms. The van der Waals surface area contributed by atoms with Gasteiger partial charge in [-0.15, -0.1) is 0 Å². The Balaban J connectivity index is 3.12. The lowest BCUT2D eigenvalue weighted by Gasteiger charge is -2.31. The van der Waals surface area contributed by atoms with Crippen molar-refractivity contribution in [2.75, 3.05) is 31.7 Å². The van der Waals surface area contributed by atoms with E-state index in [4.69, 9.17) is 9.72 Å². The van der Waals surface area contributed by atoms with Crippen LogP contribution in [0.1, 0.15) is 52.1 Å². The first kappa shape index (κ1) is 17.9. The molecule has 5 nitrogen and oxygen atoms in total. The molecule has 1 aromatic rings. The van der Waals surface area contributed by atoms with Crippen molar-refractivity contribution in [3.63, 3.8) is 0 Å². The minimum atomic E-state index is 0.300. The summed E-state index contributed by atoms with van der Waals surface area (Å²) in [4.78, 5) is 11.6. The van der Waals surface area contributed by atoms with Gasteiger partial charge in [0.05, 0.1) is 24.2 Å². The third-order valence-electron chi connectivity index (χ3n) is 3.51. The molecule has 1 N–H and O–H groups in total. The average Bonchev–Trinajstić information content (AvgIpc) is 2.46. The summed E-state index contributed by atoms with van der Waals surface area (Å²) < 4.78 is 5.29. The maximum absolute atomic E-state index is 5.29. The fourth-order valence-corrected chi connectivity index (χ4v) is 2.37. The maximum Gasteiger partial charge on any atom is 0.131 e. The van der Waals surface area contributed by atoms with Gasteiger partial charge in [0, 0.05) is 32.2 Å². The quantitative estimate of drug-likeness (QED) is 0.758. The van der Waals surface area contributed by atoms with Crippen molar-refractivity contribution in [1.29, 1.82) is 0 Å². The van der Waals surface area contributed by atoms with Crippen LogP contribution in [0, 0.1) is 0 Å². The lowest BCUT2D eigenvalue weighted by Crippen LogP contribution is -2.37. The van der Waals surface area contributed by atoms with Crippen LogP contribution in [0.25, 0.3) is 0 Å². The van der Waals surface area contributed by atoms with Gasteiger partial charge in [-0.3, -0.25) is 0 Å². The van der Waals surface area contributed by atoms with Gasteiger partial charge in [0.15, 0.2) is 0 Å². The molecule has 5 heteroatoms. The summed E-state index contributed by atoms with van der Waals surface area (Å²) in [6.07, 6.45) is 1.96. The smallest absolute Gasteiger partial charge is 0.131 e. The highest BCUT2D eigenvalue weighted by Crippen LogP contribution is 2.22. The molecule has 0 fully saturated rings. The summed E-state index contributed by atoms with van der Waals surface area (Å²) in [5, 5.41) is 3.37. The number of nitrogens with one attached hydrogen (secondary N) is 1. The van der Waals surface area contributed by atoms with Gasteiger partial charge in [0.2, 0.25) is 0 Å². The Kier molecular flexibility index (Phi) is 7.61. The number of anilines is 1. The largest absolute Gasteiger partial charge is 0.383 e. The highest BCUT2D eigenvalue weighted by atomic mass is 16.5. The molecule has 1 aromatic heterocycles. The van der Waals surface area contributed by atoms with E-state index in [9.17, 15) is 0 Å². The number of nitrogens with zero attached hydrogens (tertiary/aromatic N) is 3. The van der Waals surface area contributed by atoms with Crippen molar-refractivity contribution in [3.8, 4) is 0 Å². The molecule has 0 saturated heterocycles. The zero-order chi connectivity index (χ0) is 15.8. The van der Waals surface area contributed by atoms with Crippen molar-refractivity contribution in [2.45, 2.75) is 53.1 Å². The first-order chi connectivity index (χ1) is 10.0. The van der Waals surface area contributed by atoms with Gasteiger partial charge in [0.1, 0.15) is 5.82 Å². The molecule has 1 heterocycles. The Morgan fingerprint density at radius 1 is 1.29 bits per heavy atom. The van der Waals surface area contributed by atoms with E-state index in [1.165, 1.54) is 0 Å². The van der Waals surface area contributed by atoms with Crippen molar-refractivity contribution in [1.82, 2.24) is 15.3 Å². The van der Waals surface area contributed by atoms with Gasteiger partial charge in [-0.25, -0.2) is 9.97 Å². The summed E-state index contributed by atoms with van der Waals surface area (Å²) in [6.45, 7) is 14.0. The van der Waals surface area contributed by atoms with E-state index >= 15 is 0 Å². The van der Waals surface area contributed by atoms with E-state index < -0.39 is 0 Å². The second kappa shape index (κ2) is 8.95. The molecule has 0 aromatic carbocycles. The standard InChI is InChI=1S/C16H30N4O/c1-7-17-9-14-15(10-18-16(19-14)12(3)4)20(8-2)13(5)11-21-6/h10,12-13,17H,7-9,11H2,1-6H3. The van der Waals surface area contributed by atoms with Gasteiger partial charge in [-0.2, -0.15) is 0 Å². The molecule has 0 saturated carbocycles. The Morgan fingerprint density at radius 2 is 2.00 bits per heavy atom. The molecular formula is C16H30N4O. The van der Waals surface area contributed by atoms with Crippen molar-refractivity contribution < 1.29 is 4.74 Å². The topological polar surface area (TPSA) is 50.3 Å². The van der Waals surface area contributed by atoms with Gasteiger partial charge in [-0.05, 0) is 20.4 Å². The van der Waals surface area contributed by atoms with Crippen molar-refractivity contribution in [3.05, 3.63) is 17.7 Å². The predicted molar refractivity (Wildman–Crippen MR) is 87.9 cm³/mol. The van der Waals surface area contributed by atoms with Crippen LogP contribution in [0.15, 0.2) is 6.20 Å².